The first-order valence-corrected chi connectivity index (χ1v) is 4.38. The van der Waals surface area contributed by atoms with Crippen LogP contribution in [-0.4, -0.2) is 22.1 Å². The van der Waals surface area contributed by atoms with Gasteiger partial charge in [-0.05, 0) is 12.1 Å². The van der Waals surface area contributed by atoms with E-state index in [9.17, 15) is 0 Å². The van der Waals surface area contributed by atoms with Crippen LogP contribution in [0.3, 0.4) is 0 Å². The van der Waals surface area contributed by atoms with E-state index in [-0.39, 0.29) is 0 Å². The standard InChI is InChI=1S/C10H10N4O/c1-15-9-6-7(2-4-12-9)10-13-5-3-8(11)14-10/h2-6H,1H3,(H2,11,13,14). The van der Waals surface area contributed by atoms with Crippen molar-refractivity contribution in [2.24, 2.45) is 0 Å². The number of aromatic nitrogens is 3. The van der Waals surface area contributed by atoms with E-state index in [0.29, 0.717) is 17.5 Å². The maximum Gasteiger partial charge on any atom is 0.213 e. The molecule has 15 heavy (non-hydrogen) atoms. The molecule has 0 amide bonds. The maximum absolute atomic E-state index is 5.57. The van der Waals surface area contributed by atoms with Crippen molar-refractivity contribution in [3.63, 3.8) is 0 Å². The van der Waals surface area contributed by atoms with Gasteiger partial charge in [-0.1, -0.05) is 0 Å². The summed E-state index contributed by atoms with van der Waals surface area (Å²) in [5.41, 5.74) is 6.40. The Morgan fingerprint density at radius 2 is 2.00 bits per heavy atom. The van der Waals surface area contributed by atoms with Crippen molar-refractivity contribution in [1.29, 1.82) is 0 Å². The fraction of sp³-hybridized carbons (Fsp3) is 0.100. The summed E-state index contributed by atoms with van der Waals surface area (Å²) in [7, 11) is 1.56. The normalized spacial score (nSPS) is 9.93. The molecule has 0 saturated heterocycles. The van der Waals surface area contributed by atoms with Gasteiger partial charge in [0.25, 0.3) is 0 Å². The molecular weight excluding hydrogens is 192 g/mol. The molecule has 2 aromatic heterocycles. The zero-order valence-corrected chi connectivity index (χ0v) is 8.21. The highest BCUT2D eigenvalue weighted by Gasteiger charge is 2.03. The number of pyridine rings is 1. The molecule has 2 rings (SSSR count). The molecule has 2 N–H and O–H groups in total. The zero-order valence-electron chi connectivity index (χ0n) is 8.21. The Morgan fingerprint density at radius 3 is 2.73 bits per heavy atom. The molecule has 0 saturated carbocycles. The summed E-state index contributed by atoms with van der Waals surface area (Å²) in [5.74, 6) is 1.53. The van der Waals surface area contributed by atoms with Crippen LogP contribution in [0.15, 0.2) is 30.6 Å². The van der Waals surface area contributed by atoms with Gasteiger partial charge in [0.05, 0.1) is 7.11 Å². The lowest BCUT2D eigenvalue weighted by molar-refractivity contribution is 0.398. The van der Waals surface area contributed by atoms with Gasteiger partial charge in [-0.25, -0.2) is 15.0 Å². The molecular formula is C10H10N4O. The van der Waals surface area contributed by atoms with Gasteiger partial charge in [0.2, 0.25) is 5.88 Å². The molecule has 0 unspecified atom stereocenters. The summed E-state index contributed by atoms with van der Waals surface area (Å²) in [6.07, 6.45) is 3.26. The molecule has 0 fully saturated rings. The zero-order chi connectivity index (χ0) is 10.7. The third-order valence-corrected chi connectivity index (χ3v) is 1.88. The molecule has 0 aliphatic rings. The van der Waals surface area contributed by atoms with Gasteiger partial charge in [0, 0.05) is 24.0 Å². The van der Waals surface area contributed by atoms with Gasteiger partial charge in [0.15, 0.2) is 5.82 Å². The molecule has 76 valence electrons. The van der Waals surface area contributed by atoms with Crippen molar-refractivity contribution in [1.82, 2.24) is 15.0 Å². The molecule has 2 heterocycles. The van der Waals surface area contributed by atoms with E-state index in [2.05, 4.69) is 15.0 Å². The number of anilines is 1. The Labute approximate surface area is 87.0 Å². The van der Waals surface area contributed by atoms with Gasteiger partial charge in [-0.2, -0.15) is 0 Å². The minimum Gasteiger partial charge on any atom is -0.481 e. The summed E-state index contributed by atoms with van der Waals surface area (Å²) < 4.78 is 5.01. The van der Waals surface area contributed by atoms with Crippen LogP contribution in [0.25, 0.3) is 11.4 Å². The Morgan fingerprint density at radius 1 is 1.20 bits per heavy atom. The SMILES string of the molecule is COc1cc(-c2nccc(N)n2)ccn1. The van der Waals surface area contributed by atoms with E-state index in [1.807, 2.05) is 0 Å². The highest BCUT2D eigenvalue weighted by Crippen LogP contribution is 2.18. The minimum absolute atomic E-state index is 0.441. The fourth-order valence-corrected chi connectivity index (χ4v) is 1.17. The number of hydrogen-bond acceptors (Lipinski definition) is 5. The highest BCUT2D eigenvalue weighted by molar-refractivity contribution is 5.57. The molecule has 0 radical (unpaired) electrons. The molecule has 0 aromatic carbocycles. The van der Waals surface area contributed by atoms with Gasteiger partial charge in [-0.3, -0.25) is 0 Å². The number of nitrogens with zero attached hydrogens (tertiary/aromatic N) is 3. The lowest BCUT2D eigenvalue weighted by atomic mass is 10.2. The lowest BCUT2D eigenvalue weighted by Gasteiger charge is -2.02. The third-order valence-electron chi connectivity index (χ3n) is 1.88. The quantitative estimate of drug-likeness (QED) is 0.790. The molecule has 0 aliphatic heterocycles. The number of rotatable bonds is 2. The van der Waals surface area contributed by atoms with Crippen LogP contribution in [0.1, 0.15) is 0 Å². The Balaban J connectivity index is 2.44. The second-order valence-corrected chi connectivity index (χ2v) is 2.89. The summed E-state index contributed by atoms with van der Waals surface area (Å²) in [5, 5.41) is 0. The Hall–Kier alpha value is -2.17. The van der Waals surface area contributed by atoms with Crippen LogP contribution in [0.4, 0.5) is 5.82 Å². The van der Waals surface area contributed by atoms with Crippen LogP contribution in [-0.2, 0) is 0 Å². The van der Waals surface area contributed by atoms with Crippen LogP contribution in [0.2, 0.25) is 0 Å². The first-order valence-electron chi connectivity index (χ1n) is 4.38. The smallest absolute Gasteiger partial charge is 0.213 e. The molecule has 0 spiro atoms. The van der Waals surface area contributed by atoms with Crippen molar-refractivity contribution in [3.8, 4) is 17.3 Å². The van der Waals surface area contributed by atoms with Crippen molar-refractivity contribution < 1.29 is 4.74 Å². The topological polar surface area (TPSA) is 73.9 Å². The van der Waals surface area contributed by atoms with Gasteiger partial charge in [-0.15, -0.1) is 0 Å². The van der Waals surface area contributed by atoms with E-state index in [1.165, 1.54) is 0 Å². The lowest BCUT2D eigenvalue weighted by Crippen LogP contribution is -1.95. The van der Waals surface area contributed by atoms with Gasteiger partial charge < -0.3 is 10.5 Å². The van der Waals surface area contributed by atoms with E-state index < -0.39 is 0 Å². The Bertz CT molecular complexity index is 472. The molecule has 5 heteroatoms. The first-order chi connectivity index (χ1) is 7.29. The van der Waals surface area contributed by atoms with Crippen LogP contribution < -0.4 is 10.5 Å². The summed E-state index contributed by atoms with van der Waals surface area (Å²) in [6.45, 7) is 0. The van der Waals surface area contributed by atoms with E-state index in [4.69, 9.17) is 10.5 Å². The van der Waals surface area contributed by atoms with Crippen LogP contribution >= 0.6 is 0 Å². The van der Waals surface area contributed by atoms with Crippen molar-refractivity contribution >= 4 is 5.82 Å². The van der Waals surface area contributed by atoms with Crippen molar-refractivity contribution in [2.75, 3.05) is 12.8 Å². The monoisotopic (exact) mass is 202 g/mol. The average molecular weight is 202 g/mol. The molecule has 0 atom stereocenters. The minimum atomic E-state index is 0.441. The van der Waals surface area contributed by atoms with Crippen molar-refractivity contribution in [2.45, 2.75) is 0 Å². The van der Waals surface area contributed by atoms with Crippen molar-refractivity contribution in [3.05, 3.63) is 30.6 Å². The van der Waals surface area contributed by atoms with E-state index >= 15 is 0 Å². The third kappa shape index (κ3) is 2.01. The molecule has 0 bridgehead atoms. The number of ether oxygens (including phenoxy) is 1. The van der Waals surface area contributed by atoms with Crippen LogP contribution in [0.5, 0.6) is 5.88 Å². The second kappa shape index (κ2) is 3.91. The number of nitrogen functional groups attached to an aromatic ring is 1. The highest BCUT2D eigenvalue weighted by atomic mass is 16.5. The van der Waals surface area contributed by atoms with Crippen LogP contribution in [0, 0.1) is 0 Å². The molecule has 2 aromatic rings. The largest absolute Gasteiger partial charge is 0.481 e. The fourth-order valence-electron chi connectivity index (χ4n) is 1.17. The summed E-state index contributed by atoms with van der Waals surface area (Å²) in [4.78, 5) is 12.2. The van der Waals surface area contributed by atoms with Gasteiger partial charge >= 0.3 is 0 Å². The molecule has 5 nitrogen and oxygen atoms in total. The van der Waals surface area contributed by atoms with E-state index in [0.717, 1.165) is 5.56 Å². The van der Waals surface area contributed by atoms with E-state index in [1.54, 1.807) is 37.7 Å². The Kier molecular flexibility index (Phi) is 2.45. The van der Waals surface area contributed by atoms with Gasteiger partial charge in [0.1, 0.15) is 5.82 Å². The summed E-state index contributed by atoms with van der Waals surface area (Å²) >= 11 is 0. The first kappa shape index (κ1) is 9.39. The summed E-state index contributed by atoms with van der Waals surface area (Å²) in [6, 6.07) is 5.20. The maximum atomic E-state index is 5.57. The predicted octanol–water partition coefficient (Wildman–Crippen LogP) is 1.13. The number of methoxy groups -OCH3 is 1. The predicted molar refractivity (Wildman–Crippen MR) is 56.2 cm³/mol. The second-order valence-electron chi connectivity index (χ2n) is 2.89. The molecule has 0 aliphatic carbocycles. The number of nitrogens with two attached hydrogens (primary N) is 1. The average Bonchev–Trinajstić information content (AvgIpc) is 2.29. The number of hydrogen-bond donors (Lipinski definition) is 1.